The second-order valence-corrected chi connectivity index (χ2v) is 12.8. The molecule has 0 radical (unpaired) electrons. The zero-order chi connectivity index (χ0) is 30.1. The van der Waals surface area contributed by atoms with E-state index in [-0.39, 0.29) is 35.4 Å². The number of carbonyl (C=O) groups excluding carboxylic acids is 2. The smallest absolute Gasteiger partial charge is 0.410 e. The van der Waals surface area contributed by atoms with Gasteiger partial charge in [-0.15, -0.1) is 0 Å². The van der Waals surface area contributed by atoms with E-state index in [2.05, 4.69) is 14.7 Å². The van der Waals surface area contributed by atoms with Crippen LogP contribution in [-0.2, 0) is 14.8 Å². The number of anilines is 1. The van der Waals surface area contributed by atoms with Gasteiger partial charge in [0.25, 0.3) is 15.9 Å². The summed E-state index contributed by atoms with van der Waals surface area (Å²) in [5.74, 6) is -0.530. The lowest BCUT2D eigenvalue weighted by Crippen LogP contribution is -2.45. The lowest BCUT2D eigenvalue weighted by Gasteiger charge is -2.30. The predicted octanol–water partition coefficient (Wildman–Crippen LogP) is 4.26. The predicted molar refractivity (Wildman–Crippen MR) is 154 cm³/mol. The number of nitrogens with zero attached hydrogens (tertiary/aromatic N) is 4. The molecule has 2 aromatic carbocycles. The van der Waals surface area contributed by atoms with Crippen molar-refractivity contribution in [3.8, 4) is 17.1 Å². The quantitative estimate of drug-likeness (QED) is 0.486. The van der Waals surface area contributed by atoms with E-state index in [0.717, 1.165) is 16.7 Å². The monoisotopic (exact) mass is 581 g/mol. The number of likely N-dealkylation sites (N-methyl/N-ethyl adjacent to an activating group) is 2. The minimum atomic E-state index is -4.15. The van der Waals surface area contributed by atoms with Crippen LogP contribution < -0.4 is 9.46 Å². The van der Waals surface area contributed by atoms with Crippen molar-refractivity contribution in [3.63, 3.8) is 0 Å². The van der Waals surface area contributed by atoms with Crippen LogP contribution in [0.15, 0.2) is 53.4 Å². The Bertz CT molecular complexity index is 1560. The molecule has 12 heteroatoms. The van der Waals surface area contributed by atoms with E-state index in [0.29, 0.717) is 5.69 Å². The molecule has 2 amide bonds. The molecule has 4 rings (SSSR count). The highest BCUT2D eigenvalue weighted by atomic mass is 32.2. The van der Waals surface area contributed by atoms with Crippen LogP contribution in [0.1, 0.15) is 42.3 Å². The zero-order valence-corrected chi connectivity index (χ0v) is 25.1. The van der Waals surface area contributed by atoms with Crippen LogP contribution in [0.4, 0.5) is 10.7 Å². The fourth-order valence-corrected chi connectivity index (χ4v) is 5.47. The van der Waals surface area contributed by atoms with Crippen molar-refractivity contribution in [2.45, 2.75) is 51.2 Å². The molecule has 2 heterocycles. The second kappa shape index (κ2) is 11.4. The number of sulfonamides is 1. The maximum atomic E-state index is 13.3. The Morgan fingerprint density at radius 2 is 1.78 bits per heavy atom. The number of benzene rings is 2. The first-order valence-electron chi connectivity index (χ1n) is 13.1. The Morgan fingerprint density at radius 3 is 2.44 bits per heavy atom. The van der Waals surface area contributed by atoms with Crippen LogP contribution in [-0.4, -0.2) is 79.1 Å². The van der Waals surface area contributed by atoms with Gasteiger partial charge in [0.15, 0.2) is 0 Å². The van der Waals surface area contributed by atoms with Gasteiger partial charge < -0.3 is 19.3 Å². The molecule has 0 fully saturated rings. The van der Waals surface area contributed by atoms with Gasteiger partial charge in [0.1, 0.15) is 11.7 Å². The summed E-state index contributed by atoms with van der Waals surface area (Å²) in [7, 11) is -0.994. The number of ether oxygens (including phenoxy) is 2. The molecule has 0 unspecified atom stereocenters. The highest BCUT2D eigenvalue weighted by Crippen LogP contribution is 2.30. The standard InChI is InChI=1S/C29H35N5O6S/c1-18-10-8-11-19(2)25(18)23-15-24-31-27(30-23)32-41(37,38)22-13-9-12-20(14-22)26(35)33(6)16-21(39-24)17-34(7)28(36)40-29(3,4)5/h8-15,21H,16-17H2,1-7H3,(H,30,31,32)/t21-/m1/s1. The van der Waals surface area contributed by atoms with Crippen molar-refractivity contribution < 1.29 is 27.5 Å². The van der Waals surface area contributed by atoms with Gasteiger partial charge in [0.05, 0.1) is 23.7 Å². The van der Waals surface area contributed by atoms with Crippen molar-refractivity contribution in [2.75, 3.05) is 31.9 Å². The number of amides is 2. The molecule has 0 aliphatic carbocycles. The Labute approximate surface area is 240 Å². The minimum absolute atomic E-state index is 0.0519. The van der Waals surface area contributed by atoms with E-state index >= 15 is 0 Å². The number of rotatable bonds is 3. The van der Waals surface area contributed by atoms with E-state index in [1.807, 2.05) is 32.0 Å². The van der Waals surface area contributed by atoms with Crippen molar-refractivity contribution in [3.05, 3.63) is 65.2 Å². The molecule has 1 atom stereocenters. The van der Waals surface area contributed by atoms with Gasteiger partial charge in [-0.1, -0.05) is 24.3 Å². The van der Waals surface area contributed by atoms with E-state index in [9.17, 15) is 18.0 Å². The van der Waals surface area contributed by atoms with Gasteiger partial charge in [0, 0.05) is 31.3 Å². The Hall–Kier alpha value is -4.19. The Balaban J connectivity index is 1.83. The Morgan fingerprint density at radius 1 is 1.12 bits per heavy atom. The maximum absolute atomic E-state index is 13.3. The molecular weight excluding hydrogens is 546 g/mol. The summed E-state index contributed by atoms with van der Waals surface area (Å²) in [5, 5.41) is 0. The van der Waals surface area contributed by atoms with E-state index in [1.54, 1.807) is 40.9 Å². The molecule has 218 valence electrons. The van der Waals surface area contributed by atoms with Crippen molar-refractivity contribution in [1.82, 2.24) is 19.8 Å². The number of nitrogens with one attached hydrogen (secondary N) is 1. The third-order valence-electron chi connectivity index (χ3n) is 6.35. The lowest BCUT2D eigenvalue weighted by atomic mass is 10.00. The normalized spacial score (nSPS) is 16.8. The number of aryl methyl sites for hydroxylation is 2. The summed E-state index contributed by atoms with van der Waals surface area (Å²) >= 11 is 0. The third kappa shape index (κ3) is 7.12. The fraction of sp³-hybridized carbons (Fsp3) is 0.379. The van der Waals surface area contributed by atoms with E-state index in [1.165, 1.54) is 34.1 Å². The average Bonchev–Trinajstić information content (AvgIpc) is 2.86. The van der Waals surface area contributed by atoms with E-state index in [4.69, 9.17) is 9.47 Å². The van der Waals surface area contributed by atoms with Crippen LogP contribution in [0.5, 0.6) is 5.88 Å². The molecule has 11 nitrogen and oxygen atoms in total. The first kappa shape index (κ1) is 29.8. The largest absolute Gasteiger partial charge is 0.470 e. The Kier molecular flexibility index (Phi) is 8.25. The van der Waals surface area contributed by atoms with Crippen LogP contribution in [0.25, 0.3) is 11.3 Å². The topological polar surface area (TPSA) is 131 Å². The molecule has 1 aromatic heterocycles. The molecular formula is C29H35N5O6S. The van der Waals surface area contributed by atoms with Crippen LogP contribution >= 0.6 is 0 Å². The molecule has 3 aromatic rings. The number of aromatic nitrogens is 2. The fourth-order valence-electron chi connectivity index (χ4n) is 4.48. The lowest BCUT2D eigenvalue weighted by molar-refractivity contribution is 0.0201. The summed E-state index contributed by atoms with van der Waals surface area (Å²) in [6.45, 7) is 9.29. The molecule has 4 bridgehead atoms. The molecule has 41 heavy (non-hydrogen) atoms. The summed E-state index contributed by atoms with van der Waals surface area (Å²) in [6, 6.07) is 13.1. The van der Waals surface area contributed by atoms with Crippen molar-refractivity contribution >= 4 is 28.0 Å². The average molecular weight is 582 g/mol. The summed E-state index contributed by atoms with van der Waals surface area (Å²) < 4.78 is 40.9. The maximum Gasteiger partial charge on any atom is 0.410 e. The second-order valence-electron chi connectivity index (χ2n) is 11.1. The van der Waals surface area contributed by atoms with Crippen LogP contribution in [0, 0.1) is 13.8 Å². The SMILES string of the molecule is Cc1cccc(C)c1-c1cc2nc(n1)NS(=O)(=O)c1cccc(c1)C(=O)N(C)C[C@H](CN(C)C(=O)OC(C)(C)C)O2. The molecule has 1 N–H and O–H groups in total. The molecule has 0 saturated carbocycles. The molecule has 1 aliphatic rings. The van der Waals surface area contributed by atoms with Crippen molar-refractivity contribution in [2.24, 2.45) is 0 Å². The number of fused-ring (bicyclic) bond motifs is 4. The summed E-state index contributed by atoms with van der Waals surface area (Å²) in [5.41, 5.74) is 2.60. The molecule has 0 spiro atoms. The first-order chi connectivity index (χ1) is 19.1. The molecule has 1 aliphatic heterocycles. The van der Waals surface area contributed by atoms with Gasteiger partial charge in [-0.2, -0.15) is 4.98 Å². The van der Waals surface area contributed by atoms with Crippen LogP contribution in [0.3, 0.4) is 0 Å². The van der Waals surface area contributed by atoms with Crippen LogP contribution in [0.2, 0.25) is 0 Å². The zero-order valence-electron chi connectivity index (χ0n) is 24.3. The van der Waals surface area contributed by atoms with Gasteiger partial charge >= 0.3 is 6.09 Å². The minimum Gasteiger partial charge on any atom is -0.470 e. The number of hydrogen-bond acceptors (Lipinski definition) is 8. The number of carbonyl (C=O) groups is 2. The summed E-state index contributed by atoms with van der Waals surface area (Å²) in [6.07, 6.45) is -1.31. The number of hydrogen-bond donors (Lipinski definition) is 1. The highest BCUT2D eigenvalue weighted by molar-refractivity contribution is 7.92. The first-order valence-corrected chi connectivity index (χ1v) is 14.6. The van der Waals surface area contributed by atoms with Gasteiger partial charge in [-0.3, -0.25) is 4.79 Å². The third-order valence-corrected chi connectivity index (χ3v) is 7.68. The van der Waals surface area contributed by atoms with Crippen molar-refractivity contribution in [1.29, 1.82) is 0 Å². The summed E-state index contributed by atoms with van der Waals surface area (Å²) in [4.78, 5) is 37.6. The van der Waals surface area contributed by atoms with E-state index < -0.39 is 33.7 Å². The van der Waals surface area contributed by atoms with Gasteiger partial charge in [0.2, 0.25) is 11.8 Å². The van der Waals surface area contributed by atoms with Gasteiger partial charge in [-0.25, -0.2) is 22.9 Å². The van der Waals surface area contributed by atoms with Gasteiger partial charge in [-0.05, 0) is 63.9 Å². The molecule has 0 saturated heterocycles. The highest BCUT2D eigenvalue weighted by Gasteiger charge is 2.28.